The molecule has 0 unspecified atom stereocenters. The zero-order chi connectivity index (χ0) is 14.3. The summed E-state index contributed by atoms with van der Waals surface area (Å²) in [6.07, 6.45) is 0.450. The quantitative estimate of drug-likeness (QED) is 0.773. The van der Waals surface area contributed by atoms with Crippen molar-refractivity contribution in [1.29, 1.82) is 0 Å². The van der Waals surface area contributed by atoms with Crippen molar-refractivity contribution in [1.82, 2.24) is 4.90 Å². The van der Waals surface area contributed by atoms with Crippen LogP contribution < -0.4 is 5.73 Å². The van der Waals surface area contributed by atoms with Crippen molar-refractivity contribution in [2.75, 3.05) is 26.8 Å². The first-order chi connectivity index (χ1) is 9.04. The van der Waals surface area contributed by atoms with E-state index in [1.807, 2.05) is 0 Å². The van der Waals surface area contributed by atoms with Gasteiger partial charge in [-0.25, -0.2) is 4.39 Å². The molecule has 0 aromatic heterocycles. The predicted octanol–water partition coefficient (Wildman–Crippen LogP) is 1.59. The predicted molar refractivity (Wildman–Crippen MR) is 75.6 cm³/mol. The smallest absolute Gasteiger partial charge is 0.253 e. The number of amides is 1. The standard InChI is InChI=1S/C13H17FN2O2S/c1-18-9-8-16(7-6-12(15)19)13(17)10-2-4-11(14)5-3-10/h2-5H,6-9H2,1H3,(H2,15,19). The Morgan fingerprint density at radius 2 is 2.00 bits per heavy atom. The summed E-state index contributed by atoms with van der Waals surface area (Å²) < 4.78 is 17.8. The molecule has 0 atom stereocenters. The van der Waals surface area contributed by atoms with Gasteiger partial charge in [-0.05, 0) is 24.3 Å². The fourth-order valence-electron chi connectivity index (χ4n) is 1.54. The van der Waals surface area contributed by atoms with Gasteiger partial charge in [0.2, 0.25) is 0 Å². The zero-order valence-electron chi connectivity index (χ0n) is 10.8. The van der Waals surface area contributed by atoms with Gasteiger partial charge >= 0.3 is 0 Å². The van der Waals surface area contributed by atoms with Gasteiger partial charge < -0.3 is 15.4 Å². The second-order valence-electron chi connectivity index (χ2n) is 4.01. The number of nitrogens with two attached hydrogens (primary N) is 1. The van der Waals surface area contributed by atoms with Gasteiger partial charge in [0, 0.05) is 32.2 Å². The Hall–Kier alpha value is -1.53. The van der Waals surface area contributed by atoms with Crippen LogP contribution in [0.5, 0.6) is 0 Å². The largest absolute Gasteiger partial charge is 0.393 e. The molecule has 1 rings (SSSR count). The van der Waals surface area contributed by atoms with Gasteiger partial charge in [0.15, 0.2) is 0 Å². The number of nitrogens with zero attached hydrogens (tertiary/aromatic N) is 1. The SMILES string of the molecule is COCCN(CCC(N)=S)C(=O)c1ccc(F)cc1. The Bertz CT molecular complexity index is 437. The molecule has 0 saturated heterocycles. The van der Waals surface area contributed by atoms with Crippen molar-refractivity contribution < 1.29 is 13.9 Å². The maximum Gasteiger partial charge on any atom is 0.253 e. The van der Waals surface area contributed by atoms with E-state index < -0.39 is 0 Å². The van der Waals surface area contributed by atoms with Crippen LogP contribution in [0.2, 0.25) is 0 Å². The fourth-order valence-corrected chi connectivity index (χ4v) is 1.63. The van der Waals surface area contributed by atoms with E-state index in [0.717, 1.165) is 0 Å². The van der Waals surface area contributed by atoms with E-state index in [0.29, 0.717) is 36.7 Å². The van der Waals surface area contributed by atoms with Gasteiger partial charge in [-0.15, -0.1) is 0 Å². The molecule has 4 nitrogen and oxygen atoms in total. The molecule has 0 aliphatic heterocycles. The third-order valence-electron chi connectivity index (χ3n) is 2.57. The molecule has 0 heterocycles. The summed E-state index contributed by atoms with van der Waals surface area (Å²) in [6, 6.07) is 5.43. The number of benzene rings is 1. The number of hydrogen-bond acceptors (Lipinski definition) is 3. The first-order valence-electron chi connectivity index (χ1n) is 5.86. The van der Waals surface area contributed by atoms with E-state index in [4.69, 9.17) is 22.7 Å². The highest BCUT2D eigenvalue weighted by Gasteiger charge is 2.15. The van der Waals surface area contributed by atoms with Gasteiger partial charge in [0.1, 0.15) is 5.82 Å². The first-order valence-corrected chi connectivity index (χ1v) is 6.27. The van der Waals surface area contributed by atoms with Crippen molar-refractivity contribution in [3.8, 4) is 0 Å². The Morgan fingerprint density at radius 1 is 1.37 bits per heavy atom. The van der Waals surface area contributed by atoms with Crippen molar-refractivity contribution >= 4 is 23.1 Å². The second kappa shape index (κ2) is 7.81. The number of thiocarbonyl (C=S) groups is 1. The average Bonchev–Trinajstić information content (AvgIpc) is 2.39. The molecular formula is C13H17FN2O2S. The van der Waals surface area contributed by atoms with Gasteiger partial charge in [-0.3, -0.25) is 4.79 Å². The number of carbonyl (C=O) groups excluding carboxylic acids is 1. The fraction of sp³-hybridized carbons (Fsp3) is 0.385. The van der Waals surface area contributed by atoms with Gasteiger partial charge in [-0.2, -0.15) is 0 Å². The van der Waals surface area contributed by atoms with Crippen LogP contribution in [0.15, 0.2) is 24.3 Å². The molecule has 1 amide bonds. The van der Waals surface area contributed by atoms with E-state index in [2.05, 4.69) is 0 Å². The molecule has 19 heavy (non-hydrogen) atoms. The van der Waals surface area contributed by atoms with Gasteiger partial charge in [0.25, 0.3) is 5.91 Å². The molecule has 0 saturated carbocycles. The number of rotatable bonds is 7. The van der Waals surface area contributed by atoms with Crippen LogP contribution in [-0.4, -0.2) is 42.6 Å². The molecule has 1 aromatic carbocycles. The molecule has 0 aliphatic carbocycles. The summed E-state index contributed by atoms with van der Waals surface area (Å²) in [5, 5.41) is 0. The molecule has 6 heteroatoms. The zero-order valence-corrected chi connectivity index (χ0v) is 11.6. The summed E-state index contributed by atoms with van der Waals surface area (Å²) >= 11 is 4.81. The lowest BCUT2D eigenvalue weighted by Crippen LogP contribution is -2.36. The second-order valence-corrected chi connectivity index (χ2v) is 4.53. The molecule has 0 spiro atoms. The lowest BCUT2D eigenvalue weighted by atomic mass is 10.2. The van der Waals surface area contributed by atoms with Crippen molar-refractivity contribution in [3.05, 3.63) is 35.6 Å². The normalized spacial score (nSPS) is 10.2. The number of carbonyl (C=O) groups is 1. The summed E-state index contributed by atoms with van der Waals surface area (Å²) in [5.41, 5.74) is 5.87. The van der Waals surface area contributed by atoms with Crippen LogP contribution in [0.4, 0.5) is 4.39 Å². The van der Waals surface area contributed by atoms with E-state index in [1.165, 1.54) is 24.3 Å². The highest BCUT2D eigenvalue weighted by atomic mass is 32.1. The van der Waals surface area contributed by atoms with Crippen LogP contribution >= 0.6 is 12.2 Å². The van der Waals surface area contributed by atoms with Crippen molar-refractivity contribution in [2.45, 2.75) is 6.42 Å². The van der Waals surface area contributed by atoms with Crippen LogP contribution in [0.3, 0.4) is 0 Å². The molecule has 0 fully saturated rings. The topological polar surface area (TPSA) is 55.6 Å². The minimum atomic E-state index is -0.372. The minimum Gasteiger partial charge on any atom is -0.393 e. The monoisotopic (exact) mass is 284 g/mol. The Balaban J connectivity index is 2.74. The summed E-state index contributed by atoms with van der Waals surface area (Å²) in [5.74, 6) is -0.559. The molecular weight excluding hydrogens is 267 g/mol. The van der Waals surface area contributed by atoms with Crippen LogP contribution in [-0.2, 0) is 4.74 Å². The Morgan fingerprint density at radius 3 is 2.53 bits per heavy atom. The highest BCUT2D eigenvalue weighted by Crippen LogP contribution is 2.07. The van der Waals surface area contributed by atoms with Gasteiger partial charge in [-0.1, -0.05) is 12.2 Å². The first kappa shape index (κ1) is 15.5. The van der Waals surface area contributed by atoms with E-state index in [1.54, 1.807) is 12.0 Å². The van der Waals surface area contributed by atoms with Crippen LogP contribution in [0.25, 0.3) is 0 Å². The lowest BCUT2D eigenvalue weighted by molar-refractivity contribution is 0.0701. The lowest BCUT2D eigenvalue weighted by Gasteiger charge is -2.22. The van der Waals surface area contributed by atoms with E-state index in [-0.39, 0.29) is 11.7 Å². The molecule has 1 aromatic rings. The molecule has 0 aliphatic rings. The number of hydrogen-bond donors (Lipinski definition) is 1. The maximum atomic E-state index is 12.8. The molecule has 104 valence electrons. The minimum absolute atomic E-state index is 0.187. The van der Waals surface area contributed by atoms with Gasteiger partial charge in [0.05, 0.1) is 11.6 Å². The van der Waals surface area contributed by atoms with Crippen LogP contribution in [0.1, 0.15) is 16.8 Å². The van der Waals surface area contributed by atoms with Crippen molar-refractivity contribution in [2.24, 2.45) is 5.73 Å². The highest BCUT2D eigenvalue weighted by molar-refractivity contribution is 7.80. The molecule has 2 N–H and O–H groups in total. The Kier molecular flexibility index (Phi) is 6.38. The average molecular weight is 284 g/mol. The number of methoxy groups -OCH3 is 1. The Labute approximate surface area is 117 Å². The summed E-state index contributed by atoms with van der Waals surface area (Å²) in [6.45, 7) is 1.29. The third kappa shape index (κ3) is 5.32. The van der Waals surface area contributed by atoms with Crippen molar-refractivity contribution in [3.63, 3.8) is 0 Å². The number of halogens is 1. The summed E-state index contributed by atoms with van der Waals surface area (Å²) in [7, 11) is 1.56. The van der Waals surface area contributed by atoms with Crippen LogP contribution in [0, 0.1) is 5.82 Å². The third-order valence-corrected chi connectivity index (χ3v) is 2.78. The molecule has 0 bridgehead atoms. The van der Waals surface area contributed by atoms with E-state index >= 15 is 0 Å². The van der Waals surface area contributed by atoms with E-state index in [9.17, 15) is 9.18 Å². The number of ether oxygens (including phenoxy) is 1. The summed E-state index contributed by atoms with van der Waals surface area (Å²) in [4.78, 5) is 14.2. The maximum absolute atomic E-state index is 12.8. The molecule has 0 radical (unpaired) electrons.